The van der Waals surface area contributed by atoms with E-state index in [1.54, 1.807) is 19.1 Å². The van der Waals surface area contributed by atoms with Crippen LogP contribution in [0.1, 0.15) is 18.1 Å². The lowest BCUT2D eigenvalue weighted by molar-refractivity contribution is -0.138. The molecule has 0 aliphatic heterocycles. The molecule has 0 spiro atoms. The number of hydrogen-bond acceptors (Lipinski definition) is 5. The number of carbonyl (C=O) groups excluding carboxylic acids is 1. The van der Waals surface area contributed by atoms with Crippen molar-refractivity contribution in [2.45, 2.75) is 31.0 Å². The minimum Gasteiger partial charge on any atom is -0.481 e. The van der Waals surface area contributed by atoms with Crippen LogP contribution in [0.3, 0.4) is 0 Å². The molecule has 0 saturated heterocycles. The van der Waals surface area contributed by atoms with Crippen molar-refractivity contribution in [3.8, 4) is 17.2 Å². The number of alkyl halides is 3. The molecule has 1 amide bonds. The maximum absolute atomic E-state index is 13.1. The number of para-hydroxylation sites is 1. The van der Waals surface area contributed by atoms with Gasteiger partial charge in [-0.05, 0) is 62.4 Å². The fraction of sp³-hybridized carbons (Fsp3) is 0.174. The molecule has 3 aromatic carbocycles. The minimum absolute atomic E-state index is 0.0608. The summed E-state index contributed by atoms with van der Waals surface area (Å²) in [5.74, 6) is -0.914. The average molecular weight is 479 g/mol. The van der Waals surface area contributed by atoms with Crippen molar-refractivity contribution < 1.29 is 35.9 Å². The Morgan fingerprint density at radius 2 is 1.48 bits per heavy atom. The molecular formula is C23H20F3NO5S. The molecule has 1 atom stereocenters. The number of halogens is 3. The van der Waals surface area contributed by atoms with Gasteiger partial charge in [0.2, 0.25) is 0 Å². The molecule has 3 aromatic rings. The van der Waals surface area contributed by atoms with Crippen LogP contribution in [0.15, 0.2) is 77.7 Å². The molecular weight excluding hydrogens is 459 g/mol. The Kier molecular flexibility index (Phi) is 6.97. The van der Waals surface area contributed by atoms with Crippen LogP contribution in [0.5, 0.6) is 17.2 Å². The quantitative estimate of drug-likeness (QED) is 0.511. The van der Waals surface area contributed by atoms with E-state index in [-0.39, 0.29) is 22.1 Å². The monoisotopic (exact) mass is 479 g/mol. The van der Waals surface area contributed by atoms with Crippen LogP contribution in [0.4, 0.5) is 13.2 Å². The predicted molar refractivity (Wildman–Crippen MR) is 115 cm³/mol. The van der Waals surface area contributed by atoms with Crippen molar-refractivity contribution in [1.29, 1.82) is 0 Å². The largest absolute Gasteiger partial charge is 0.481 e. The van der Waals surface area contributed by atoms with Crippen LogP contribution in [0.25, 0.3) is 0 Å². The Morgan fingerprint density at radius 3 is 2.09 bits per heavy atom. The Morgan fingerprint density at radius 1 is 0.909 bits per heavy atom. The highest BCUT2D eigenvalue weighted by molar-refractivity contribution is 7.90. The van der Waals surface area contributed by atoms with Crippen LogP contribution in [0.2, 0.25) is 0 Å². The number of carbonyl (C=O) groups is 1. The average Bonchev–Trinajstić information content (AvgIpc) is 2.74. The molecule has 174 valence electrons. The summed E-state index contributed by atoms with van der Waals surface area (Å²) < 4.78 is 76.7. The SMILES string of the molecule is Cc1ccc(S(=O)(=O)NC(=O)C(C)Oc2ccc(Oc3ccccc3C(F)(F)F)cc2)cc1. The maximum atomic E-state index is 13.1. The summed E-state index contributed by atoms with van der Waals surface area (Å²) in [5.41, 5.74) is -0.0447. The van der Waals surface area contributed by atoms with Gasteiger partial charge in [-0.2, -0.15) is 13.2 Å². The molecule has 1 unspecified atom stereocenters. The highest BCUT2D eigenvalue weighted by Crippen LogP contribution is 2.38. The summed E-state index contributed by atoms with van der Waals surface area (Å²) in [4.78, 5) is 12.2. The Balaban J connectivity index is 1.64. The molecule has 0 radical (unpaired) electrons. The van der Waals surface area contributed by atoms with Gasteiger partial charge in [-0.15, -0.1) is 0 Å². The first-order valence-corrected chi connectivity index (χ1v) is 11.2. The van der Waals surface area contributed by atoms with Crippen molar-refractivity contribution in [3.63, 3.8) is 0 Å². The zero-order valence-electron chi connectivity index (χ0n) is 17.6. The zero-order valence-corrected chi connectivity index (χ0v) is 18.4. The van der Waals surface area contributed by atoms with Crippen molar-refractivity contribution in [3.05, 3.63) is 83.9 Å². The molecule has 0 aromatic heterocycles. The van der Waals surface area contributed by atoms with Gasteiger partial charge in [0.05, 0.1) is 10.5 Å². The normalized spacial score (nSPS) is 12.6. The number of ether oxygens (including phenoxy) is 2. The van der Waals surface area contributed by atoms with Crippen molar-refractivity contribution >= 4 is 15.9 Å². The minimum atomic E-state index is -4.57. The number of rotatable bonds is 7. The van der Waals surface area contributed by atoms with Crippen LogP contribution >= 0.6 is 0 Å². The standard InChI is InChI=1S/C23H20F3NO5S/c1-15-7-13-19(14-8-15)33(29,30)27-22(28)16(2)31-17-9-11-18(12-10-17)32-21-6-4-3-5-20(21)23(24,25)26/h3-14,16H,1-2H3,(H,27,28). The third kappa shape index (κ3) is 6.26. The molecule has 0 heterocycles. The lowest BCUT2D eigenvalue weighted by Crippen LogP contribution is -2.39. The van der Waals surface area contributed by atoms with E-state index >= 15 is 0 Å². The molecule has 0 fully saturated rings. The fourth-order valence-corrected chi connectivity index (χ4v) is 3.80. The number of nitrogens with one attached hydrogen (secondary N) is 1. The Labute approximate surface area is 189 Å². The van der Waals surface area contributed by atoms with Gasteiger partial charge in [0.15, 0.2) is 6.10 Å². The van der Waals surface area contributed by atoms with E-state index in [1.165, 1.54) is 61.5 Å². The van der Waals surface area contributed by atoms with Crippen LogP contribution in [0, 0.1) is 6.92 Å². The molecule has 0 aliphatic carbocycles. The molecule has 6 nitrogen and oxygen atoms in total. The molecule has 0 aliphatic rings. The second kappa shape index (κ2) is 9.53. The first kappa shape index (κ1) is 24.1. The smallest absolute Gasteiger partial charge is 0.419 e. The van der Waals surface area contributed by atoms with Gasteiger partial charge < -0.3 is 9.47 Å². The van der Waals surface area contributed by atoms with Crippen molar-refractivity contribution in [2.24, 2.45) is 0 Å². The highest BCUT2D eigenvalue weighted by atomic mass is 32.2. The van der Waals surface area contributed by atoms with Gasteiger partial charge in [-0.3, -0.25) is 4.79 Å². The highest BCUT2D eigenvalue weighted by Gasteiger charge is 2.34. The predicted octanol–water partition coefficient (Wildman–Crippen LogP) is 5.08. The second-order valence-corrected chi connectivity index (χ2v) is 8.79. The Hall–Kier alpha value is -3.53. The molecule has 0 bridgehead atoms. The third-order valence-electron chi connectivity index (χ3n) is 4.49. The molecule has 1 N–H and O–H groups in total. The van der Waals surface area contributed by atoms with Gasteiger partial charge in [-0.1, -0.05) is 29.8 Å². The van der Waals surface area contributed by atoms with Gasteiger partial charge in [0.1, 0.15) is 17.2 Å². The summed E-state index contributed by atoms with van der Waals surface area (Å²) in [6, 6.07) is 16.3. The third-order valence-corrected chi connectivity index (χ3v) is 5.86. The summed E-state index contributed by atoms with van der Waals surface area (Å²) in [7, 11) is -4.06. The fourth-order valence-electron chi connectivity index (χ4n) is 2.75. The van der Waals surface area contributed by atoms with Gasteiger partial charge >= 0.3 is 6.18 Å². The van der Waals surface area contributed by atoms with E-state index in [2.05, 4.69) is 0 Å². The second-order valence-electron chi connectivity index (χ2n) is 7.11. The number of aryl methyl sites for hydroxylation is 1. The van der Waals surface area contributed by atoms with E-state index in [1.807, 2.05) is 4.72 Å². The number of hydrogen-bond donors (Lipinski definition) is 1. The van der Waals surface area contributed by atoms with Crippen molar-refractivity contribution in [2.75, 3.05) is 0 Å². The first-order valence-electron chi connectivity index (χ1n) is 9.70. The molecule has 3 rings (SSSR count). The van der Waals surface area contributed by atoms with Gasteiger partial charge in [-0.25, -0.2) is 13.1 Å². The number of sulfonamides is 1. The van der Waals surface area contributed by atoms with Crippen LogP contribution in [-0.4, -0.2) is 20.4 Å². The zero-order chi connectivity index (χ0) is 24.2. The van der Waals surface area contributed by atoms with E-state index in [9.17, 15) is 26.4 Å². The van der Waals surface area contributed by atoms with E-state index in [4.69, 9.17) is 9.47 Å². The van der Waals surface area contributed by atoms with Crippen LogP contribution in [-0.2, 0) is 21.0 Å². The summed E-state index contributed by atoms with van der Waals surface area (Å²) >= 11 is 0. The molecule has 10 heteroatoms. The van der Waals surface area contributed by atoms with E-state index < -0.39 is 33.8 Å². The number of benzene rings is 3. The lowest BCUT2D eigenvalue weighted by atomic mass is 10.2. The lowest BCUT2D eigenvalue weighted by Gasteiger charge is -2.16. The van der Waals surface area contributed by atoms with Crippen LogP contribution < -0.4 is 14.2 Å². The Bertz CT molecular complexity index is 1220. The molecule has 33 heavy (non-hydrogen) atoms. The van der Waals surface area contributed by atoms with Gasteiger partial charge in [0, 0.05) is 0 Å². The summed E-state index contributed by atoms with van der Waals surface area (Å²) in [5, 5.41) is 0. The van der Waals surface area contributed by atoms with Gasteiger partial charge in [0.25, 0.3) is 15.9 Å². The molecule has 0 saturated carbocycles. The summed E-state index contributed by atoms with van der Waals surface area (Å²) in [6.07, 6.45) is -5.73. The number of amides is 1. The maximum Gasteiger partial charge on any atom is 0.419 e. The summed E-state index contributed by atoms with van der Waals surface area (Å²) in [6.45, 7) is 3.17. The topological polar surface area (TPSA) is 81.7 Å². The first-order chi connectivity index (χ1) is 15.5. The van der Waals surface area contributed by atoms with E-state index in [0.717, 1.165) is 11.6 Å². The van der Waals surface area contributed by atoms with Crippen molar-refractivity contribution in [1.82, 2.24) is 4.72 Å². The van der Waals surface area contributed by atoms with E-state index in [0.29, 0.717) is 0 Å².